The lowest BCUT2D eigenvalue weighted by molar-refractivity contribution is 0.102. The van der Waals surface area contributed by atoms with E-state index in [4.69, 9.17) is 0 Å². The zero-order chi connectivity index (χ0) is 14.7. The summed E-state index contributed by atoms with van der Waals surface area (Å²) in [6.45, 7) is 4.08. The minimum absolute atomic E-state index is 0.181. The van der Waals surface area contributed by atoms with Crippen LogP contribution in [-0.2, 0) is 0 Å². The highest BCUT2D eigenvalue weighted by atomic mass is 16.1. The number of amides is 1. The monoisotopic (exact) mass is 284 g/mol. The van der Waals surface area contributed by atoms with E-state index in [2.05, 4.69) is 32.3 Å². The number of imidazole rings is 1. The number of carbonyl (C=O) groups excluding carboxylic acids is 1. The third kappa shape index (κ3) is 3.07. The molecule has 1 fully saturated rings. The topological polar surface area (TPSA) is 61.0 Å². The maximum Gasteiger partial charge on any atom is 0.276 e. The fourth-order valence-corrected chi connectivity index (χ4v) is 2.69. The standard InChI is InChI=1S/C16H20N4O/c1-12-15(18-11-17-12)16(21)19-13-5-7-14(8-6-13)20-9-3-2-4-10-20/h5-8,11H,2-4,9-10H2,1H3,(H,17,18)(H,19,21). The molecule has 0 aliphatic carbocycles. The Labute approximate surface area is 124 Å². The van der Waals surface area contributed by atoms with Gasteiger partial charge in [0.05, 0.1) is 6.33 Å². The molecule has 2 aromatic rings. The normalized spacial score (nSPS) is 15.0. The van der Waals surface area contributed by atoms with Gasteiger partial charge in [0.15, 0.2) is 0 Å². The SMILES string of the molecule is Cc1[nH]cnc1C(=O)Nc1ccc(N2CCCCC2)cc1. The number of rotatable bonds is 3. The summed E-state index contributed by atoms with van der Waals surface area (Å²) in [6, 6.07) is 8.03. The van der Waals surface area contributed by atoms with Crippen LogP contribution in [-0.4, -0.2) is 29.0 Å². The van der Waals surface area contributed by atoms with Crippen molar-refractivity contribution in [2.75, 3.05) is 23.3 Å². The summed E-state index contributed by atoms with van der Waals surface area (Å²) in [5.74, 6) is -0.181. The van der Waals surface area contributed by atoms with Gasteiger partial charge >= 0.3 is 0 Å². The Bertz CT molecular complexity index is 611. The number of aromatic nitrogens is 2. The average molecular weight is 284 g/mol. The van der Waals surface area contributed by atoms with E-state index in [0.29, 0.717) is 5.69 Å². The van der Waals surface area contributed by atoms with Gasteiger partial charge in [-0.1, -0.05) is 0 Å². The van der Waals surface area contributed by atoms with Crippen molar-refractivity contribution in [3.63, 3.8) is 0 Å². The Balaban J connectivity index is 1.67. The van der Waals surface area contributed by atoms with E-state index in [1.165, 1.54) is 31.3 Å². The van der Waals surface area contributed by atoms with Crippen LogP contribution in [0.15, 0.2) is 30.6 Å². The molecule has 0 atom stereocenters. The van der Waals surface area contributed by atoms with Crippen molar-refractivity contribution in [1.82, 2.24) is 9.97 Å². The van der Waals surface area contributed by atoms with E-state index in [1.54, 1.807) is 0 Å². The predicted molar refractivity (Wildman–Crippen MR) is 83.8 cm³/mol. The largest absolute Gasteiger partial charge is 0.372 e. The van der Waals surface area contributed by atoms with Crippen LogP contribution in [0.3, 0.4) is 0 Å². The van der Waals surface area contributed by atoms with Gasteiger partial charge in [-0.15, -0.1) is 0 Å². The van der Waals surface area contributed by atoms with E-state index in [1.807, 2.05) is 19.1 Å². The lowest BCUT2D eigenvalue weighted by atomic mass is 10.1. The molecule has 1 aliphatic heterocycles. The van der Waals surface area contributed by atoms with Gasteiger partial charge in [-0.25, -0.2) is 4.98 Å². The van der Waals surface area contributed by atoms with Gasteiger partial charge in [-0.3, -0.25) is 4.79 Å². The number of H-pyrrole nitrogens is 1. The first-order chi connectivity index (χ1) is 10.2. The highest BCUT2D eigenvalue weighted by molar-refractivity contribution is 6.03. The summed E-state index contributed by atoms with van der Waals surface area (Å²) in [7, 11) is 0. The van der Waals surface area contributed by atoms with Crippen molar-refractivity contribution in [3.05, 3.63) is 42.0 Å². The van der Waals surface area contributed by atoms with Gasteiger partial charge in [-0.05, 0) is 50.5 Å². The maximum absolute atomic E-state index is 12.1. The minimum atomic E-state index is -0.181. The summed E-state index contributed by atoms with van der Waals surface area (Å²) in [5, 5.41) is 2.88. The molecule has 1 aromatic heterocycles. The summed E-state index contributed by atoms with van der Waals surface area (Å²) in [5.41, 5.74) is 3.24. The van der Waals surface area contributed by atoms with Crippen LogP contribution in [0.1, 0.15) is 35.4 Å². The number of aryl methyl sites for hydroxylation is 1. The number of piperidine rings is 1. The molecule has 1 aromatic carbocycles. The van der Waals surface area contributed by atoms with E-state index in [9.17, 15) is 4.79 Å². The molecular formula is C16H20N4O. The molecule has 3 rings (SSSR count). The molecule has 1 amide bonds. The van der Waals surface area contributed by atoms with Gasteiger partial charge in [0, 0.05) is 30.2 Å². The Morgan fingerprint density at radius 2 is 1.90 bits per heavy atom. The summed E-state index contributed by atoms with van der Waals surface area (Å²) in [6.07, 6.45) is 5.38. The van der Waals surface area contributed by atoms with Crippen LogP contribution in [0.2, 0.25) is 0 Å². The van der Waals surface area contributed by atoms with E-state index < -0.39 is 0 Å². The Morgan fingerprint density at radius 3 is 2.52 bits per heavy atom. The molecule has 1 saturated heterocycles. The summed E-state index contributed by atoms with van der Waals surface area (Å²) < 4.78 is 0. The van der Waals surface area contributed by atoms with Gasteiger partial charge in [-0.2, -0.15) is 0 Å². The van der Waals surface area contributed by atoms with Crippen LogP contribution in [0.25, 0.3) is 0 Å². The highest BCUT2D eigenvalue weighted by Gasteiger charge is 2.13. The molecule has 2 heterocycles. The third-order valence-electron chi connectivity index (χ3n) is 3.89. The smallest absolute Gasteiger partial charge is 0.276 e. The Hall–Kier alpha value is -2.30. The van der Waals surface area contributed by atoms with Crippen molar-refractivity contribution in [2.24, 2.45) is 0 Å². The average Bonchev–Trinajstić information content (AvgIpc) is 2.95. The van der Waals surface area contributed by atoms with Gasteiger partial charge in [0.2, 0.25) is 0 Å². The predicted octanol–water partition coefficient (Wildman–Crippen LogP) is 2.96. The molecule has 0 unspecified atom stereocenters. The second kappa shape index (κ2) is 5.99. The van der Waals surface area contributed by atoms with E-state index in [0.717, 1.165) is 24.5 Å². The number of hydrogen-bond acceptors (Lipinski definition) is 3. The molecule has 21 heavy (non-hydrogen) atoms. The van der Waals surface area contributed by atoms with E-state index >= 15 is 0 Å². The molecule has 1 aliphatic rings. The Morgan fingerprint density at radius 1 is 1.19 bits per heavy atom. The lowest BCUT2D eigenvalue weighted by Crippen LogP contribution is -2.29. The van der Waals surface area contributed by atoms with Crippen molar-refractivity contribution >= 4 is 17.3 Å². The molecule has 0 spiro atoms. The van der Waals surface area contributed by atoms with Crippen molar-refractivity contribution in [1.29, 1.82) is 0 Å². The molecule has 110 valence electrons. The maximum atomic E-state index is 12.1. The van der Waals surface area contributed by atoms with Crippen LogP contribution in [0.4, 0.5) is 11.4 Å². The lowest BCUT2D eigenvalue weighted by Gasteiger charge is -2.28. The first-order valence-electron chi connectivity index (χ1n) is 7.40. The van der Waals surface area contributed by atoms with Gasteiger partial charge in [0.25, 0.3) is 5.91 Å². The molecule has 2 N–H and O–H groups in total. The van der Waals surface area contributed by atoms with Crippen molar-refractivity contribution in [2.45, 2.75) is 26.2 Å². The van der Waals surface area contributed by atoms with Gasteiger partial charge < -0.3 is 15.2 Å². The highest BCUT2D eigenvalue weighted by Crippen LogP contribution is 2.22. The number of nitrogens with zero attached hydrogens (tertiary/aromatic N) is 2. The number of aromatic amines is 1. The first kappa shape index (κ1) is 13.7. The van der Waals surface area contributed by atoms with Crippen LogP contribution >= 0.6 is 0 Å². The number of benzene rings is 1. The molecule has 5 nitrogen and oxygen atoms in total. The molecular weight excluding hydrogens is 264 g/mol. The van der Waals surface area contributed by atoms with E-state index in [-0.39, 0.29) is 5.91 Å². The molecule has 0 bridgehead atoms. The summed E-state index contributed by atoms with van der Waals surface area (Å²) >= 11 is 0. The molecule has 0 radical (unpaired) electrons. The quantitative estimate of drug-likeness (QED) is 0.911. The first-order valence-corrected chi connectivity index (χ1v) is 7.40. The van der Waals surface area contributed by atoms with Gasteiger partial charge in [0.1, 0.15) is 5.69 Å². The molecule has 0 saturated carbocycles. The third-order valence-corrected chi connectivity index (χ3v) is 3.89. The van der Waals surface area contributed by atoms with Crippen LogP contribution in [0, 0.1) is 6.92 Å². The summed E-state index contributed by atoms with van der Waals surface area (Å²) in [4.78, 5) is 21.4. The van der Waals surface area contributed by atoms with Crippen LogP contribution < -0.4 is 10.2 Å². The van der Waals surface area contributed by atoms with Crippen molar-refractivity contribution < 1.29 is 4.79 Å². The zero-order valence-electron chi connectivity index (χ0n) is 12.2. The number of carbonyl (C=O) groups is 1. The number of anilines is 2. The van der Waals surface area contributed by atoms with Crippen molar-refractivity contribution in [3.8, 4) is 0 Å². The van der Waals surface area contributed by atoms with Crippen LogP contribution in [0.5, 0.6) is 0 Å². The number of nitrogens with one attached hydrogen (secondary N) is 2. The Kier molecular flexibility index (Phi) is 3.90. The molecule has 5 heteroatoms. The fourth-order valence-electron chi connectivity index (χ4n) is 2.69. The minimum Gasteiger partial charge on any atom is -0.372 e. The fraction of sp³-hybridized carbons (Fsp3) is 0.375. The number of hydrogen-bond donors (Lipinski definition) is 2. The zero-order valence-corrected chi connectivity index (χ0v) is 12.2. The second-order valence-electron chi connectivity index (χ2n) is 5.42. The second-order valence-corrected chi connectivity index (χ2v) is 5.42.